The summed E-state index contributed by atoms with van der Waals surface area (Å²) in [4.78, 5) is 21.9. The van der Waals surface area contributed by atoms with E-state index in [0.717, 1.165) is 22.1 Å². The van der Waals surface area contributed by atoms with Crippen LogP contribution in [0, 0.1) is 20.2 Å². The molecule has 0 aliphatic rings. The summed E-state index contributed by atoms with van der Waals surface area (Å²) in [7, 11) is 0. The number of nitro groups is 2. The lowest BCUT2D eigenvalue weighted by atomic mass is 10.1. The van der Waals surface area contributed by atoms with Crippen molar-refractivity contribution in [1.29, 1.82) is 0 Å². The number of nitrogens with zero attached hydrogens (tertiary/aromatic N) is 2. The summed E-state index contributed by atoms with van der Waals surface area (Å²) in [5.74, 6) is 0. The Morgan fingerprint density at radius 1 is 0.720 bits per heavy atom. The summed E-state index contributed by atoms with van der Waals surface area (Å²) in [6.07, 6.45) is 0. The fourth-order valence-electron chi connectivity index (χ4n) is 2.32. The van der Waals surface area contributed by atoms with Gasteiger partial charge in [0.25, 0.3) is 11.4 Å². The molecule has 0 heterocycles. The maximum absolute atomic E-state index is 11.2. The molecule has 25 heavy (non-hydrogen) atoms. The average molecular weight is 352 g/mol. The highest BCUT2D eigenvalue weighted by molar-refractivity contribution is 7.99. The fraction of sp³-hybridized carbons (Fsp3) is 0. The summed E-state index contributed by atoms with van der Waals surface area (Å²) in [6, 6.07) is 21.2. The zero-order valence-electron chi connectivity index (χ0n) is 12.9. The van der Waals surface area contributed by atoms with Crippen molar-refractivity contribution in [1.82, 2.24) is 0 Å². The van der Waals surface area contributed by atoms with E-state index in [1.54, 1.807) is 0 Å². The van der Waals surface area contributed by atoms with Crippen molar-refractivity contribution < 1.29 is 9.85 Å². The van der Waals surface area contributed by atoms with Gasteiger partial charge in [0.2, 0.25) is 0 Å². The molecule has 3 aromatic carbocycles. The van der Waals surface area contributed by atoms with E-state index < -0.39 is 9.85 Å². The lowest BCUT2D eigenvalue weighted by Gasteiger charge is -2.05. The van der Waals surface area contributed by atoms with Crippen LogP contribution in [0.15, 0.2) is 82.6 Å². The second-order valence-electron chi connectivity index (χ2n) is 5.16. The van der Waals surface area contributed by atoms with Gasteiger partial charge in [-0.1, -0.05) is 54.2 Å². The molecule has 0 radical (unpaired) electrons. The van der Waals surface area contributed by atoms with Gasteiger partial charge in [-0.25, -0.2) is 0 Å². The fourth-order valence-corrected chi connectivity index (χ4v) is 3.22. The van der Waals surface area contributed by atoms with Crippen LogP contribution in [0.5, 0.6) is 0 Å². The van der Waals surface area contributed by atoms with Gasteiger partial charge in [0, 0.05) is 11.0 Å². The van der Waals surface area contributed by atoms with Gasteiger partial charge in [-0.2, -0.15) is 0 Å². The standard InChI is InChI=1S/C18H12N2O4S/c21-19(22)15-8-11-18(17(12-15)20(23)24)25-16-9-6-14(7-10-16)13-4-2-1-3-5-13/h1-12H. The largest absolute Gasteiger partial charge is 0.290 e. The minimum atomic E-state index is -0.643. The minimum absolute atomic E-state index is 0.272. The Morgan fingerprint density at radius 3 is 1.96 bits per heavy atom. The number of hydrogen-bond acceptors (Lipinski definition) is 5. The van der Waals surface area contributed by atoms with Crippen LogP contribution in [0.25, 0.3) is 11.1 Å². The van der Waals surface area contributed by atoms with E-state index in [1.165, 1.54) is 23.9 Å². The van der Waals surface area contributed by atoms with Crippen molar-refractivity contribution in [3.05, 3.63) is 93.0 Å². The summed E-state index contributed by atoms with van der Waals surface area (Å²) in [6.45, 7) is 0. The smallest absolute Gasteiger partial charge is 0.258 e. The molecule has 3 rings (SSSR count). The number of nitro benzene ring substituents is 2. The Balaban J connectivity index is 1.87. The lowest BCUT2D eigenvalue weighted by Crippen LogP contribution is -1.94. The summed E-state index contributed by atoms with van der Waals surface area (Å²) in [5.41, 5.74) is 1.56. The maximum Gasteiger partial charge on any atom is 0.290 e. The molecule has 124 valence electrons. The monoisotopic (exact) mass is 352 g/mol. The van der Waals surface area contributed by atoms with Crippen LogP contribution in [0.3, 0.4) is 0 Å². The van der Waals surface area contributed by atoms with Gasteiger partial charge in [0.15, 0.2) is 0 Å². The average Bonchev–Trinajstić information content (AvgIpc) is 2.63. The van der Waals surface area contributed by atoms with Crippen molar-refractivity contribution >= 4 is 23.1 Å². The van der Waals surface area contributed by atoms with Crippen molar-refractivity contribution in [2.24, 2.45) is 0 Å². The Kier molecular flexibility index (Phi) is 4.76. The zero-order valence-corrected chi connectivity index (χ0v) is 13.7. The molecule has 0 unspecified atom stereocenters. The second-order valence-corrected chi connectivity index (χ2v) is 6.27. The molecule has 0 spiro atoms. The molecule has 0 aliphatic heterocycles. The van der Waals surface area contributed by atoms with E-state index in [0.29, 0.717) is 4.90 Å². The van der Waals surface area contributed by atoms with Gasteiger partial charge in [-0.05, 0) is 29.3 Å². The number of hydrogen-bond donors (Lipinski definition) is 0. The number of benzene rings is 3. The highest BCUT2D eigenvalue weighted by Crippen LogP contribution is 2.37. The van der Waals surface area contributed by atoms with Crippen LogP contribution in [0.1, 0.15) is 0 Å². The molecule has 0 fully saturated rings. The third-order valence-corrected chi connectivity index (χ3v) is 4.61. The highest BCUT2D eigenvalue weighted by Gasteiger charge is 2.20. The van der Waals surface area contributed by atoms with Crippen LogP contribution in [-0.4, -0.2) is 9.85 Å². The molecule has 3 aromatic rings. The van der Waals surface area contributed by atoms with Crippen LogP contribution in [0.4, 0.5) is 11.4 Å². The van der Waals surface area contributed by atoms with Gasteiger partial charge < -0.3 is 0 Å². The van der Waals surface area contributed by atoms with Crippen molar-refractivity contribution in [2.75, 3.05) is 0 Å². The molecule has 7 heteroatoms. The van der Waals surface area contributed by atoms with Gasteiger partial charge in [-0.3, -0.25) is 20.2 Å². The number of non-ortho nitro benzene ring substituents is 1. The second kappa shape index (κ2) is 7.14. The van der Waals surface area contributed by atoms with E-state index in [1.807, 2.05) is 54.6 Å². The van der Waals surface area contributed by atoms with Crippen molar-refractivity contribution in [2.45, 2.75) is 9.79 Å². The Morgan fingerprint density at radius 2 is 1.36 bits per heavy atom. The Bertz CT molecular complexity index is 928. The van der Waals surface area contributed by atoms with E-state index in [4.69, 9.17) is 0 Å². The summed E-state index contributed by atoms with van der Waals surface area (Å²) < 4.78 is 0. The quantitative estimate of drug-likeness (QED) is 0.458. The molecule has 0 saturated heterocycles. The third-order valence-electron chi connectivity index (χ3n) is 3.54. The molecule has 0 saturated carbocycles. The van der Waals surface area contributed by atoms with E-state index >= 15 is 0 Å². The first-order valence-electron chi connectivity index (χ1n) is 7.31. The predicted molar refractivity (Wildman–Crippen MR) is 95.8 cm³/mol. The van der Waals surface area contributed by atoms with Crippen molar-refractivity contribution in [3.8, 4) is 11.1 Å². The molecule has 0 atom stereocenters. The van der Waals surface area contributed by atoms with E-state index in [9.17, 15) is 20.2 Å². The van der Waals surface area contributed by atoms with E-state index in [2.05, 4.69) is 0 Å². The Labute approximate surface area is 147 Å². The van der Waals surface area contributed by atoms with Gasteiger partial charge >= 0.3 is 0 Å². The molecule has 0 aromatic heterocycles. The first kappa shape index (κ1) is 16.7. The molecule has 0 aliphatic carbocycles. The Hall–Kier alpha value is -3.19. The molecule has 0 N–H and O–H groups in total. The minimum Gasteiger partial charge on any atom is -0.258 e. The van der Waals surface area contributed by atoms with Crippen LogP contribution in [-0.2, 0) is 0 Å². The van der Waals surface area contributed by atoms with Crippen molar-refractivity contribution in [3.63, 3.8) is 0 Å². The van der Waals surface area contributed by atoms with Gasteiger partial charge in [0.05, 0.1) is 20.8 Å². The summed E-state index contributed by atoms with van der Waals surface area (Å²) >= 11 is 1.20. The lowest BCUT2D eigenvalue weighted by molar-refractivity contribution is -0.396. The highest BCUT2D eigenvalue weighted by atomic mass is 32.2. The predicted octanol–water partition coefficient (Wildman–Crippen LogP) is 5.32. The third kappa shape index (κ3) is 3.84. The zero-order chi connectivity index (χ0) is 17.8. The molecule has 0 amide bonds. The first-order chi connectivity index (χ1) is 12.0. The maximum atomic E-state index is 11.2. The van der Waals surface area contributed by atoms with Crippen LogP contribution in [0.2, 0.25) is 0 Å². The van der Waals surface area contributed by atoms with E-state index in [-0.39, 0.29) is 11.4 Å². The van der Waals surface area contributed by atoms with Crippen LogP contribution >= 0.6 is 11.8 Å². The normalized spacial score (nSPS) is 10.4. The van der Waals surface area contributed by atoms with Crippen LogP contribution < -0.4 is 0 Å². The summed E-state index contributed by atoms with van der Waals surface area (Å²) in [5, 5.41) is 22.0. The molecule has 6 nitrogen and oxygen atoms in total. The SMILES string of the molecule is O=[N+]([O-])c1ccc(Sc2ccc(-c3ccccc3)cc2)c([N+](=O)[O-])c1. The topological polar surface area (TPSA) is 86.3 Å². The number of rotatable bonds is 5. The van der Waals surface area contributed by atoms with Gasteiger partial charge in [0.1, 0.15) is 0 Å². The molecular weight excluding hydrogens is 340 g/mol. The molecule has 0 bridgehead atoms. The van der Waals surface area contributed by atoms with Gasteiger partial charge in [-0.15, -0.1) is 0 Å². The molecular formula is C18H12N2O4S. The first-order valence-corrected chi connectivity index (χ1v) is 8.12.